The van der Waals surface area contributed by atoms with Crippen LogP contribution in [-0.2, 0) is 5.60 Å². The molecule has 2 atom stereocenters. The third-order valence-corrected chi connectivity index (χ3v) is 5.30. The van der Waals surface area contributed by atoms with Crippen LogP contribution in [0.5, 0.6) is 0 Å². The molecule has 2 aromatic rings. The molecule has 3 heterocycles. The first-order valence-corrected chi connectivity index (χ1v) is 7.82. The first-order valence-electron chi connectivity index (χ1n) is 7.82. The molecule has 2 saturated heterocycles. The number of nitrogens with zero attached hydrogens (tertiary/aromatic N) is 3. The Morgan fingerprint density at radius 3 is 2.52 bits per heavy atom. The van der Waals surface area contributed by atoms with E-state index in [4.69, 9.17) is 4.98 Å². The van der Waals surface area contributed by atoms with Gasteiger partial charge < -0.3 is 10.0 Å². The minimum absolute atomic E-state index is 0.468. The summed E-state index contributed by atoms with van der Waals surface area (Å²) in [4.78, 5) is 11.6. The fraction of sp³-hybridized carbons (Fsp3) is 0.529. The van der Waals surface area contributed by atoms with Crippen LogP contribution in [0, 0.1) is 0 Å². The average molecular weight is 283 g/mol. The molecule has 2 aliphatic rings. The molecule has 1 N–H and O–H groups in total. The van der Waals surface area contributed by atoms with Gasteiger partial charge in [-0.05, 0) is 44.9 Å². The SMILES string of the molecule is CN1C2CCCC1CC(O)(c1cnc3ccccc3n1)C2. The lowest BCUT2D eigenvalue weighted by atomic mass is 9.74. The van der Waals surface area contributed by atoms with Gasteiger partial charge in [0.05, 0.1) is 22.9 Å². The molecule has 4 nitrogen and oxygen atoms in total. The first-order chi connectivity index (χ1) is 10.2. The van der Waals surface area contributed by atoms with E-state index >= 15 is 0 Å². The largest absolute Gasteiger partial charge is 0.383 e. The van der Waals surface area contributed by atoms with Crippen molar-refractivity contribution < 1.29 is 5.11 Å². The van der Waals surface area contributed by atoms with Gasteiger partial charge in [-0.15, -0.1) is 0 Å². The number of aromatic nitrogens is 2. The monoisotopic (exact) mass is 283 g/mol. The maximum atomic E-state index is 11.2. The summed E-state index contributed by atoms with van der Waals surface area (Å²) >= 11 is 0. The number of piperidine rings is 2. The van der Waals surface area contributed by atoms with Gasteiger partial charge in [0, 0.05) is 12.1 Å². The fourth-order valence-corrected chi connectivity index (χ4v) is 4.04. The molecule has 110 valence electrons. The Kier molecular flexibility index (Phi) is 2.98. The van der Waals surface area contributed by atoms with Crippen LogP contribution in [0.3, 0.4) is 0 Å². The van der Waals surface area contributed by atoms with E-state index in [9.17, 15) is 5.11 Å². The number of hydrogen-bond acceptors (Lipinski definition) is 4. The Labute approximate surface area is 124 Å². The second kappa shape index (κ2) is 4.75. The molecule has 2 unspecified atom stereocenters. The summed E-state index contributed by atoms with van der Waals surface area (Å²) in [5.74, 6) is 0. The average Bonchev–Trinajstić information content (AvgIpc) is 2.49. The van der Waals surface area contributed by atoms with E-state index in [0.29, 0.717) is 12.1 Å². The maximum Gasteiger partial charge on any atom is 0.111 e. The highest BCUT2D eigenvalue weighted by molar-refractivity contribution is 5.73. The van der Waals surface area contributed by atoms with E-state index in [1.807, 2.05) is 24.3 Å². The zero-order valence-electron chi connectivity index (χ0n) is 12.4. The van der Waals surface area contributed by atoms with E-state index in [2.05, 4.69) is 16.9 Å². The first kappa shape index (κ1) is 13.2. The van der Waals surface area contributed by atoms with E-state index in [-0.39, 0.29) is 0 Å². The summed E-state index contributed by atoms with van der Waals surface area (Å²) in [6, 6.07) is 8.79. The molecule has 0 radical (unpaired) electrons. The Hall–Kier alpha value is -1.52. The van der Waals surface area contributed by atoms with Crippen molar-refractivity contribution in [1.29, 1.82) is 0 Å². The smallest absolute Gasteiger partial charge is 0.111 e. The van der Waals surface area contributed by atoms with Gasteiger partial charge in [0.15, 0.2) is 0 Å². The molecule has 4 heteroatoms. The second-order valence-corrected chi connectivity index (χ2v) is 6.59. The molecule has 0 saturated carbocycles. The third-order valence-electron chi connectivity index (χ3n) is 5.30. The molecule has 1 aromatic carbocycles. The van der Waals surface area contributed by atoms with Gasteiger partial charge in [0.25, 0.3) is 0 Å². The van der Waals surface area contributed by atoms with Crippen molar-refractivity contribution in [3.05, 3.63) is 36.2 Å². The van der Waals surface area contributed by atoms with Crippen LogP contribution in [0.1, 0.15) is 37.8 Å². The van der Waals surface area contributed by atoms with Crippen molar-refractivity contribution in [3.8, 4) is 0 Å². The number of rotatable bonds is 1. The summed E-state index contributed by atoms with van der Waals surface area (Å²) in [6.45, 7) is 0. The molecule has 0 spiro atoms. The van der Waals surface area contributed by atoms with Crippen molar-refractivity contribution in [3.63, 3.8) is 0 Å². The molecule has 2 aliphatic heterocycles. The Bertz CT molecular complexity index is 658. The molecule has 0 amide bonds. The number of hydrogen-bond donors (Lipinski definition) is 1. The highest BCUT2D eigenvalue weighted by atomic mass is 16.3. The maximum absolute atomic E-state index is 11.2. The minimum atomic E-state index is -0.820. The van der Waals surface area contributed by atoms with Gasteiger partial charge in [-0.3, -0.25) is 4.98 Å². The number of benzene rings is 1. The van der Waals surface area contributed by atoms with E-state index in [1.54, 1.807) is 6.20 Å². The third kappa shape index (κ3) is 2.14. The van der Waals surface area contributed by atoms with Crippen LogP contribution in [0.25, 0.3) is 11.0 Å². The van der Waals surface area contributed by atoms with Gasteiger partial charge in [-0.25, -0.2) is 4.98 Å². The number of aliphatic hydroxyl groups is 1. The Balaban J connectivity index is 1.73. The normalized spacial score (nSPS) is 33.2. The molecule has 2 bridgehead atoms. The van der Waals surface area contributed by atoms with Crippen molar-refractivity contribution >= 4 is 11.0 Å². The van der Waals surface area contributed by atoms with Crippen LogP contribution < -0.4 is 0 Å². The van der Waals surface area contributed by atoms with Crippen LogP contribution >= 0.6 is 0 Å². The van der Waals surface area contributed by atoms with Gasteiger partial charge in [-0.1, -0.05) is 18.6 Å². The highest BCUT2D eigenvalue weighted by Crippen LogP contribution is 2.42. The molecular formula is C17H21N3O. The second-order valence-electron chi connectivity index (χ2n) is 6.59. The predicted molar refractivity (Wildman–Crippen MR) is 81.9 cm³/mol. The van der Waals surface area contributed by atoms with Crippen LogP contribution in [0.15, 0.2) is 30.5 Å². The van der Waals surface area contributed by atoms with E-state index < -0.39 is 5.60 Å². The Morgan fingerprint density at radius 1 is 1.14 bits per heavy atom. The zero-order chi connectivity index (χ0) is 14.4. The minimum Gasteiger partial charge on any atom is -0.383 e. The predicted octanol–water partition coefficient (Wildman–Crippen LogP) is 2.46. The molecule has 4 rings (SSSR count). The molecule has 1 aromatic heterocycles. The summed E-state index contributed by atoms with van der Waals surface area (Å²) in [5, 5.41) is 11.2. The fourth-order valence-electron chi connectivity index (χ4n) is 4.04. The van der Waals surface area contributed by atoms with Crippen LogP contribution in [0.2, 0.25) is 0 Å². The van der Waals surface area contributed by atoms with Crippen molar-refractivity contribution in [2.75, 3.05) is 7.05 Å². The quantitative estimate of drug-likeness (QED) is 0.873. The summed E-state index contributed by atoms with van der Waals surface area (Å²) < 4.78 is 0. The number of fused-ring (bicyclic) bond motifs is 3. The molecular weight excluding hydrogens is 262 g/mol. The van der Waals surface area contributed by atoms with Gasteiger partial charge in [-0.2, -0.15) is 0 Å². The van der Waals surface area contributed by atoms with E-state index in [1.165, 1.54) is 19.3 Å². The van der Waals surface area contributed by atoms with Crippen molar-refractivity contribution in [1.82, 2.24) is 14.9 Å². The topological polar surface area (TPSA) is 49.2 Å². The zero-order valence-corrected chi connectivity index (χ0v) is 12.4. The van der Waals surface area contributed by atoms with Gasteiger partial charge >= 0.3 is 0 Å². The van der Waals surface area contributed by atoms with Gasteiger partial charge in [0.2, 0.25) is 0 Å². The highest BCUT2D eigenvalue weighted by Gasteiger charge is 2.45. The lowest BCUT2D eigenvalue weighted by Crippen LogP contribution is -2.55. The lowest BCUT2D eigenvalue weighted by Gasteiger charge is -2.50. The van der Waals surface area contributed by atoms with Crippen LogP contribution in [0.4, 0.5) is 0 Å². The van der Waals surface area contributed by atoms with Crippen molar-refractivity contribution in [2.24, 2.45) is 0 Å². The lowest BCUT2D eigenvalue weighted by molar-refractivity contribution is -0.0898. The van der Waals surface area contributed by atoms with Crippen LogP contribution in [-0.4, -0.2) is 39.1 Å². The molecule has 2 fully saturated rings. The number of para-hydroxylation sites is 2. The van der Waals surface area contributed by atoms with E-state index in [0.717, 1.165) is 29.6 Å². The summed E-state index contributed by atoms with van der Waals surface area (Å²) in [7, 11) is 2.19. The Morgan fingerprint density at radius 2 is 1.81 bits per heavy atom. The summed E-state index contributed by atoms with van der Waals surface area (Å²) in [5.41, 5.74) is 1.68. The van der Waals surface area contributed by atoms with Crippen molar-refractivity contribution in [2.45, 2.75) is 49.8 Å². The standard InChI is InChI=1S/C17H21N3O/c1-20-12-5-4-6-13(20)10-17(21,9-12)16-11-18-14-7-2-3-8-15(14)19-16/h2-3,7-8,11-13,21H,4-6,9-10H2,1H3. The molecule has 21 heavy (non-hydrogen) atoms. The van der Waals surface area contributed by atoms with Gasteiger partial charge in [0.1, 0.15) is 5.60 Å². The molecule has 0 aliphatic carbocycles. The summed E-state index contributed by atoms with van der Waals surface area (Å²) in [6.07, 6.45) is 6.94.